The second kappa shape index (κ2) is 6.50. The van der Waals surface area contributed by atoms with E-state index in [4.69, 9.17) is 9.47 Å². The largest absolute Gasteiger partial charge is 0.480 e. The number of aliphatic carboxylic acids is 1. The number of amides is 1. The molecule has 0 spiro atoms. The van der Waals surface area contributed by atoms with Crippen molar-refractivity contribution >= 4 is 11.9 Å². The average molecular weight is 384 g/mol. The van der Waals surface area contributed by atoms with Crippen molar-refractivity contribution in [2.75, 3.05) is 19.9 Å². The lowest BCUT2D eigenvalue weighted by atomic mass is 9.95. The second-order valence-corrected chi connectivity index (χ2v) is 7.37. The number of rotatable bonds is 3. The van der Waals surface area contributed by atoms with E-state index in [1.807, 2.05) is 4.90 Å². The number of likely N-dealkylation sites (tertiary alicyclic amines) is 1. The number of benzene rings is 1. The number of carboxylic acids is 1. The number of nitrogens with zero attached hydrogens (tertiary/aromatic N) is 4. The number of hydrogen-bond donors (Lipinski definition) is 1. The van der Waals surface area contributed by atoms with Gasteiger partial charge in [-0.3, -0.25) is 4.79 Å². The molecule has 3 aliphatic rings. The van der Waals surface area contributed by atoms with Gasteiger partial charge < -0.3 is 24.0 Å². The highest BCUT2D eigenvalue weighted by Gasteiger charge is 2.36. The number of hydrogen-bond acceptors (Lipinski definition) is 6. The van der Waals surface area contributed by atoms with Crippen LogP contribution in [0.25, 0.3) is 0 Å². The van der Waals surface area contributed by atoms with Gasteiger partial charge >= 0.3 is 5.97 Å². The predicted octanol–water partition coefficient (Wildman–Crippen LogP) is 1.60. The summed E-state index contributed by atoms with van der Waals surface area (Å²) in [7, 11) is 0. The Morgan fingerprint density at radius 1 is 1.07 bits per heavy atom. The second-order valence-electron chi connectivity index (χ2n) is 7.37. The first-order valence-electron chi connectivity index (χ1n) is 9.47. The first-order valence-corrected chi connectivity index (χ1v) is 9.47. The highest BCUT2D eigenvalue weighted by molar-refractivity contribution is 5.95. The van der Waals surface area contributed by atoms with Crippen molar-refractivity contribution in [1.29, 1.82) is 0 Å². The van der Waals surface area contributed by atoms with Crippen LogP contribution in [-0.2, 0) is 11.2 Å². The van der Waals surface area contributed by atoms with Crippen molar-refractivity contribution in [3.63, 3.8) is 0 Å². The van der Waals surface area contributed by atoms with Crippen LogP contribution in [0.1, 0.15) is 53.2 Å². The highest BCUT2D eigenvalue weighted by atomic mass is 16.7. The third-order valence-electron chi connectivity index (χ3n) is 5.80. The number of carbonyl (C=O) groups is 2. The van der Waals surface area contributed by atoms with E-state index in [9.17, 15) is 14.7 Å². The van der Waals surface area contributed by atoms with Crippen LogP contribution in [0.15, 0.2) is 18.2 Å². The van der Waals surface area contributed by atoms with Gasteiger partial charge in [-0.25, -0.2) is 4.79 Å². The van der Waals surface area contributed by atoms with Gasteiger partial charge in [-0.1, -0.05) is 0 Å². The minimum Gasteiger partial charge on any atom is -0.480 e. The summed E-state index contributed by atoms with van der Waals surface area (Å²) in [5, 5.41) is 17.9. The maximum atomic E-state index is 12.8. The molecule has 1 fully saturated rings. The molecule has 9 heteroatoms. The number of aromatic nitrogens is 3. The summed E-state index contributed by atoms with van der Waals surface area (Å²) in [6.07, 6.45) is 2.68. The molecule has 28 heavy (non-hydrogen) atoms. The minimum atomic E-state index is -0.838. The Hall–Kier alpha value is -3.10. The molecule has 4 heterocycles. The van der Waals surface area contributed by atoms with Crippen LogP contribution in [0.2, 0.25) is 0 Å². The molecule has 1 saturated heterocycles. The molecular formula is C19H20N4O5. The van der Waals surface area contributed by atoms with E-state index < -0.39 is 12.0 Å². The standard InChI is InChI=1S/C19H20N4O5/c24-18(12-1-3-14-15(9-12)28-10-27-14)22-7-5-11(6-8-22)17-21-20-16-4-2-13(19(25)26)23(16)17/h1,3,9,11,13H,2,4-8,10H2,(H,25,26). The normalized spacial score (nSPS) is 21.0. The lowest BCUT2D eigenvalue weighted by Crippen LogP contribution is -2.38. The molecular weight excluding hydrogens is 364 g/mol. The summed E-state index contributed by atoms with van der Waals surface area (Å²) >= 11 is 0. The van der Waals surface area contributed by atoms with Gasteiger partial charge in [-0.15, -0.1) is 10.2 Å². The zero-order chi connectivity index (χ0) is 19.3. The lowest BCUT2D eigenvalue weighted by molar-refractivity contribution is -0.140. The Morgan fingerprint density at radius 2 is 1.86 bits per heavy atom. The molecule has 5 rings (SSSR count). The summed E-state index contributed by atoms with van der Waals surface area (Å²) in [4.78, 5) is 26.2. The Labute approximate surface area is 160 Å². The first-order chi connectivity index (χ1) is 13.6. The van der Waals surface area contributed by atoms with Crippen molar-refractivity contribution in [1.82, 2.24) is 19.7 Å². The molecule has 0 radical (unpaired) electrons. The van der Waals surface area contributed by atoms with Crippen molar-refractivity contribution in [2.24, 2.45) is 0 Å². The van der Waals surface area contributed by atoms with E-state index in [-0.39, 0.29) is 18.6 Å². The van der Waals surface area contributed by atoms with Gasteiger partial charge in [-0.2, -0.15) is 0 Å². The van der Waals surface area contributed by atoms with Gasteiger partial charge in [0, 0.05) is 31.0 Å². The quantitative estimate of drug-likeness (QED) is 0.856. The summed E-state index contributed by atoms with van der Waals surface area (Å²) in [6, 6.07) is 4.66. The fourth-order valence-electron chi connectivity index (χ4n) is 4.31. The minimum absolute atomic E-state index is 0.0355. The van der Waals surface area contributed by atoms with Gasteiger partial charge in [0.2, 0.25) is 6.79 Å². The molecule has 146 valence electrons. The molecule has 3 aliphatic heterocycles. The zero-order valence-electron chi connectivity index (χ0n) is 15.2. The van der Waals surface area contributed by atoms with E-state index in [1.165, 1.54) is 0 Å². The Kier molecular flexibility index (Phi) is 3.96. The van der Waals surface area contributed by atoms with Gasteiger partial charge in [0.15, 0.2) is 11.5 Å². The van der Waals surface area contributed by atoms with Crippen LogP contribution in [0, 0.1) is 0 Å². The number of fused-ring (bicyclic) bond motifs is 2. The first kappa shape index (κ1) is 17.0. The molecule has 0 aliphatic carbocycles. The van der Waals surface area contributed by atoms with E-state index in [1.54, 1.807) is 22.8 Å². The lowest BCUT2D eigenvalue weighted by Gasteiger charge is -2.32. The van der Waals surface area contributed by atoms with Crippen LogP contribution in [0.4, 0.5) is 0 Å². The fraction of sp³-hybridized carbons (Fsp3) is 0.474. The van der Waals surface area contributed by atoms with Crippen LogP contribution in [-0.4, -0.2) is 56.5 Å². The monoisotopic (exact) mass is 384 g/mol. The van der Waals surface area contributed by atoms with Crippen LogP contribution in [0.5, 0.6) is 11.5 Å². The molecule has 1 atom stereocenters. The Bertz CT molecular complexity index is 948. The predicted molar refractivity (Wildman–Crippen MR) is 95.5 cm³/mol. The average Bonchev–Trinajstić information content (AvgIpc) is 3.42. The molecule has 0 saturated carbocycles. The maximum absolute atomic E-state index is 12.8. The number of aryl methyl sites for hydroxylation is 1. The molecule has 1 N–H and O–H groups in total. The fourth-order valence-corrected chi connectivity index (χ4v) is 4.31. The zero-order valence-corrected chi connectivity index (χ0v) is 15.2. The van der Waals surface area contributed by atoms with E-state index in [2.05, 4.69) is 10.2 Å². The molecule has 0 bridgehead atoms. The highest BCUT2D eigenvalue weighted by Crippen LogP contribution is 2.35. The summed E-state index contributed by atoms with van der Waals surface area (Å²) in [5.74, 6) is 1.99. The summed E-state index contributed by atoms with van der Waals surface area (Å²) in [5.41, 5.74) is 0.581. The Balaban J connectivity index is 1.29. The van der Waals surface area contributed by atoms with Crippen molar-refractivity contribution < 1.29 is 24.2 Å². The third-order valence-corrected chi connectivity index (χ3v) is 5.80. The molecule has 1 unspecified atom stereocenters. The van der Waals surface area contributed by atoms with Gasteiger partial charge in [0.1, 0.15) is 17.7 Å². The molecule has 9 nitrogen and oxygen atoms in total. The number of carbonyl (C=O) groups excluding carboxylic acids is 1. The van der Waals surface area contributed by atoms with Crippen molar-refractivity contribution in [3.8, 4) is 11.5 Å². The van der Waals surface area contributed by atoms with Crippen molar-refractivity contribution in [3.05, 3.63) is 35.4 Å². The summed E-state index contributed by atoms with van der Waals surface area (Å²) in [6.45, 7) is 1.37. The van der Waals surface area contributed by atoms with E-state index in [0.29, 0.717) is 43.0 Å². The van der Waals surface area contributed by atoms with Crippen LogP contribution < -0.4 is 9.47 Å². The van der Waals surface area contributed by atoms with Crippen molar-refractivity contribution in [2.45, 2.75) is 37.6 Å². The number of piperidine rings is 1. The number of carboxylic acid groups (broad SMARTS) is 1. The van der Waals surface area contributed by atoms with Crippen LogP contribution >= 0.6 is 0 Å². The topological polar surface area (TPSA) is 107 Å². The molecule has 1 amide bonds. The van der Waals surface area contributed by atoms with Gasteiger partial charge in [-0.05, 0) is 37.5 Å². The SMILES string of the molecule is O=C(O)C1CCc2nnc(C3CCN(C(=O)c4ccc5c(c4)OCO5)CC3)n21. The smallest absolute Gasteiger partial charge is 0.326 e. The molecule has 2 aromatic rings. The van der Waals surface area contributed by atoms with E-state index in [0.717, 1.165) is 24.5 Å². The third kappa shape index (κ3) is 2.69. The summed E-state index contributed by atoms with van der Waals surface area (Å²) < 4.78 is 12.4. The van der Waals surface area contributed by atoms with E-state index >= 15 is 0 Å². The maximum Gasteiger partial charge on any atom is 0.326 e. The van der Waals surface area contributed by atoms with Gasteiger partial charge in [0.05, 0.1) is 0 Å². The van der Waals surface area contributed by atoms with Crippen LogP contribution in [0.3, 0.4) is 0 Å². The Morgan fingerprint density at radius 3 is 2.64 bits per heavy atom. The number of ether oxygens (including phenoxy) is 2. The van der Waals surface area contributed by atoms with Gasteiger partial charge in [0.25, 0.3) is 5.91 Å². The molecule has 1 aromatic heterocycles. The molecule has 1 aromatic carbocycles.